The van der Waals surface area contributed by atoms with Crippen LogP contribution in [0.15, 0.2) is 30.3 Å². The van der Waals surface area contributed by atoms with Crippen molar-refractivity contribution in [2.24, 2.45) is 0 Å². The summed E-state index contributed by atoms with van der Waals surface area (Å²) in [6.45, 7) is 5.59. The van der Waals surface area contributed by atoms with E-state index in [0.717, 1.165) is 25.2 Å². The van der Waals surface area contributed by atoms with Gasteiger partial charge in [0.2, 0.25) is 0 Å². The van der Waals surface area contributed by atoms with Crippen LogP contribution in [0.4, 0.5) is 0 Å². The molecule has 3 heteroatoms. The number of aliphatic hydroxyl groups excluding tert-OH is 1. The standard InChI is InChI=1S/C17H26N2O/c20-17(15-7-2-1-3-8-15)14-18-10-6-9-16(13-18)19-11-4-5-12-19/h1-3,7-8,16-17,20H,4-6,9-14H2/t16-,17+/m0/s1. The molecular formula is C17H26N2O. The first-order valence-electron chi connectivity index (χ1n) is 8.02. The molecule has 1 N–H and O–H groups in total. The van der Waals surface area contributed by atoms with E-state index in [-0.39, 0.29) is 6.10 Å². The van der Waals surface area contributed by atoms with Crippen molar-refractivity contribution >= 4 is 0 Å². The summed E-state index contributed by atoms with van der Waals surface area (Å²) in [5.74, 6) is 0. The maximum absolute atomic E-state index is 10.4. The van der Waals surface area contributed by atoms with Crippen molar-refractivity contribution in [2.45, 2.75) is 37.8 Å². The monoisotopic (exact) mass is 274 g/mol. The van der Waals surface area contributed by atoms with Crippen molar-refractivity contribution in [3.63, 3.8) is 0 Å². The Morgan fingerprint density at radius 3 is 2.55 bits per heavy atom. The van der Waals surface area contributed by atoms with Crippen LogP contribution >= 0.6 is 0 Å². The van der Waals surface area contributed by atoms with Crippen LogP contribution < -0.4 is 0 Å². The van der Waals surface area contributed by atoms with Gasteiger partial charge in [0.1, 0.15) is 0 Å². The van der Waals surface area contributed by atoms with Crippen molar-refractivity contribution in [2.75, 3.05) is 32.7 Å². The maximum Gasteiger partial charge on any atom is 0.0916 e. The third kappa shape index (κ3) is 3.40. The molecule has 0 bridgehead atoms. The van der Waals surface area contributed by atoms with E-state index in [0.29, 0.717) is 6.04 Å². The Labute approximate surface area is 122 Å². The Kier molecular flexibility index (Phi) is 4.71. The van der Waals surface area contributed by atoms with Crippen LogP contribution in [0.1, 0.15) is 37.4 Å². The normalized spacial score (nSPS) is 26.8. The summed E-state index contributed by atoms with van der Waals surface area (Å²) in [4.78, 5) is 5.10. The first-order chi connectivity index (χ1) is 9.83. The Hall–Kier alpha value is -0.900. The van der Waals surface area contributed by atoms with Crippen LogP contribution in [0.3, 0.4) is 0 Å². The van der Waals surface area contributed by atoms with E-state index in [9.17, 15) is 5.11 Å². The molecular weight excluding hydrogens is 248 g/mol. The molecule has 0 aromatic heterocycles. The molecule has 0 unspecified atom stereocenters. The molecule has 0 amide bonds. The van der Waals surface area contributed by atoms with Crippen LogP contribution in [-0.4, -0.2) is 53.7 Å². The smallest absolute Gasteiger partial charge is 0.0916 e. The average Bonchev–Trinajstić information content (AvgIpc) is 3.03. The number of hydrogen-bond acceptors (Lipinski definition) is 3. The summed E-state index contributed by atoms with van der Waals surface area (Å²) in [6.07, 6.45) is 4.97. The SMILES string of the molecule is O[C@H](CN1CCC[C@H](N2CCCC2)C1)c1ccccc1. The minimum atomic E-state index is -0.353. The third-order valence-electron chi connectivity index (χ3n) is 4.75. The fraction of sp³-hybridized carbons (Fsp3) is 0.647. The van der Waals surface area contributed by atoms with Crippen molar-refractivity contribution < 1.29 is 5.11 Å². The molecule has 0 radical (unpaired) electrons. The zero-order chi connectivity index (χ0) is 13.8. The zero-order valence-corrected chi connectivity index (χ0v) is 12.2. The number of rotatable bonds is 4. The van der Waals surface area contributed by atoms with Gasteiger partial charge in [-0.1, -0.05) is 30.3 Å². The molecule has 1 aromatic rings. The van der Waals surface area contributed by atoms with Crippen molar-refractivity contribution in [1.82, 2.24) is 9.80 Å². The lowest BCUT2D eigenvalue weighted by Crippen LogP contribution is -2.47. The molecule has 0 spiro atoms. The number of aliphatic hydroxyl groups is 1. The first-order valence-corrected chi connectivity index (χ1v) is 8.02. The van der Waals surface area contributed by atoms with Gasteiger partial charge in [-0.25, -0.2) is 0 Å². The second-order valence-electron chi connectivity index (χ2n) is 6.23. The highest BCUT2D eigenvalue weighted by Gasteiger charge is 2.27. The highest BCUT2D eigenvalue weighted by Crippen LogP contribution is 2.22. The largest absolute Gasteiger partial charge is 0.387 e. The molecule has 0 saturated carbocycles. The highest BCUT2D eigenvalue weighted by molar-refractivity contribution is 5.17. The van der Waals surface area contributed by atoms with Gasteiger partial charge in [-0.05, 0) is 50.9 Å². The van der Waals surface area contributed by atoms with Crippen LogP contribution in [0.5, 0.6) is 0 Å². The van der Waals surface area contributed by atoms with Gasteiger partial charge in [-0.3, -0.25) is 9.80 Å². The van der Waals surface area contributed by atoms with Crippen molar-refractivity contribution in [3.05, 3.63) is 35.9 Å². The van der Waals surface area contributed by atoms with Crippen LogP contribution in [0, 0.1) is 0 Å². The second-order valence-corrected chi connectivity index (χ2v) is 6.23. The van der Waals surface area contributed by atoms with Crippen molar-refractivity contribution in [3.8, 4) is 0 Å². The fourth-order valence-corrected chi connectivity index (χ4v) is 3.63. The maximum atomic E-state index is 10.4. The average molecular weight is 274 g/mol. The van der Waals surface area contributed by atoms with Gasteiger partial charge in [0.05, 0.1) is 6.10 Å². The lowest BCUT2D eigenvalue weighted by molar-refractivity contribution is 0.0651. The van der Waals surface area contributed by atoms with Crippen molar-refractivity contribution in [1.29, 1.82) is 0 Å². The van der Waals surface area contributed by atoms with E-state index < -0.39 is 0 Å². The van der Waals surface area contributed by atoms with E-state index >= 15 is 0 Å². The van der Waals surface area contributed by atoms with E-state index in [1.165, 1.54) is 38.8 Å². The summed E-state index contributed by atoms with van der Waals surface area (Å²) in [5.41, 5.74) is 1.04. The van der Waals surface area contributed by atoms with E-state index in [4.69, 9.17) is 0 Å². The quantitative estimate of drug-likeness (QED) is 0.912. The minimum absolute atomic E-state index is 0.353. The predicted octanol–water partition coefficient (Wildman–Crippen LogP) is 2.28. The van der Waals surface area contributed by atoms with Crippen LogP contribution in [0.2, 0.25) is 0 Å². The van der Waals surface area contributed by atoms with Crippen LogP contribution in [0.25, 0.3) is 0 Å². The second kappa shape index (κ2) is 6.70. The molecule has 110 valence electrons. The summed E-state index contributed by atoms with van der Waals surface area (Å²) in [6, 6.07) is 10.8. The number of likely N-dealkylation sites (tertiary alicyclic amines) is 2. The molecule has 20 heavy (non-hydrogen) atoms. The first kappa shape index (κ1) is 14.1. The number of benzene rings is 1. The number of piperidine rings is 1. The molecule has 2 fully saturated rings. The molecule has 3 rings (SSSR count). The third-order valence-corrected chi connectivity index (χ3v) is 4.75. The van der Waals surface area contributed by atoms with E-state index in [2.05, 4.69) is 9.80 Å². The fourth-order valence-electron chi connectivity index (χ4n) is 3.63. The Balaban J connectivity index is 1.54. The summed E-state index contributed by atoms with van der Waals surface area (Å²) < 4.78 is 0. The Morgan fingerprint density at radius 2 is 1.80 bits per heavy atom. The topological polar surface area (TPSA) is 26.7 Å². The number of hydrogen-bond donors (Lipinski definition) is 1. The van der Waals surface area contributed by atoms with E-state index in [1.54, 1.807) is 0 Å². The van der Waals surface area contributed by atoms with Gasteiger partial charge in [-0.2, -0.15) is 0 Å². The Bertz CT molecular complexity index is 403. The van der Waals surface area contributed by atoms with Gasteiger partial charge >= 0.3 is 0 Å². The molecule has 1 aromatic carbocycles. The molecule has 2 aliphatic heterocycles. The van der Waals surface area contributed by atoms with Gasteiger partial charge < -0.3 is 5.11 Å². The molecule has 2 saturated heterocycles. The predicted molar refractivity (Wildman–Crippen MR) is 81.7 cm³/mol. The number of β-amino-alcohol motifs (C(OH)–C–C–N with tert-alkyl or cyclic N) is 1. The molecule has 2 aliphatic rings. The van der Waals surface area contributed by atoms with Crippen LogP contribution in [-0.2, 0) is 0 Å². The molecule has 0 aliphatic carbocycles. The number of nitrogens with zero attached hydrogens (tertiary/aromatic N) is 2. The molecule has 2 heterocycles. The highest BCUT2D eigenvalue weighted by atomic mass is 16.3. The summed E-state index contributed by atoms with van der Waals surface area (Å²) in [5, 5.41) is 10.4. The Morgan fingerprint density at radius 1 is 1.05 bits per heavy atom. The molecule has 3 nitrogen and oxygen atoms in total. The summed E-state index contributed by atoms with van der Waals surface area (Å²) >= 11 is 0. The van der Waals surface area contributed by atoms with E-state index in [1.807, 2.05) is 30.3 Å². The van der Waals surface area contributed by atoms with Gasteiger partial charge in [-0.15, -0.1) is 0 Å². The van der Waals surface area contributed by atoms with Gasteiger partial charge in [0.25, 0.3) is 0 Å². The lowest BCUT2D eigenvalue weighted by atomic mass is 10.0. The zero-order valence-electron chi connectivity index (χ0n) is 12.2. The van der Waals surface area contributed by atoms with Gasteiger partial charge in [0, 0.05) is 19.1 Å². The lowest BCUT2D eigenvalue weighted by Gasteiger charge is -2.38. The summed E-state index contributed by atoms with van der Waals surface area (Å²) in [7, 11) is 0. The minimum Gasteiger partial charge on any atom is -0.387 e. The van der Waals surface area contributed by atoms with Gasteiger partial charge in [0.15, 0.2) is 0 Å². The molecule has 2 atom stereocenters.